The number of benzene rings is 1. The Morgan fingerprint density at radius 1 is 0.769 bits per heavy atom. The zero-order chi connectivity index (χ0) is 18.1. The van der Waals surface area contributed by atoms with Crippen molar-refractivity contribution in [3.05, 3.63) is 29.3 Å². The summed E-state index contributed by atoms with van der Waals surface area (Å²) in [4.78, 5) is 0.0663. The fourth-order valence-corrected chi connectivity index (χ4v) is 10.7. The van der Waals surface area contributed by atoms with E-state index in [1.807, 2.05) is 6.07 Å². The molecule has 0 aromatic heterocycles. The number of hydrogen-bond donors (Lipinski definition) is 1. The monoisotopic (exact) mass is 394 g/mol. The normalized spacial score (nSPS) is 25.5. The van der Waals surface area contributed by atoms with E-state index in [1.165, 1.54) is 75.3 Å². The lowest BCUT2D eigenvalue weighted by Gasteiger charge is -2.42. The molecule has 5 heteroatoms. The molecule has 0 radical (unpaired) electrons. The first-order valence-corrected chi connectivity index (χ1v) is 13.4. The van der Waals surface area contributed by atoms with Gasteiger partial charge in [-0.3, -0.25) is 4.55 Å². The quantitative estimate of drug-likeness (QED) is 0.538. The van der Waals surface area contributed by atoms with Crippen LogP contribution in [-0.2, 0) is 23.0 Å². The maximum atomic E-state index is 11.5. The fraction of sp³-hybridized carbons (Fsp3) is 0.714. The first-order chi connectivity index (χ1) is 12.5. The molecule has 0 saturated heterocycles. The zero-order valence-electron chi connectivity index (χ0n) is 15.6. The first kappa shape index (κ1) is 18.9. The van der Waals surface area contributed by atoms with E-state index in [0.29, 0.717) is 0 Å². The van der Waals surface area contributed by atoms with Gasteiger partial charge in [0.1, 0.15) is 0 Å². The van der Waals surface area contributed by atoms with Crippen LogP contribution in [0.15, 0.2) is 23.1 Å². The molecule has 1 unspecified atom stereocenters. The van der Waals surface area contributed by atoms with Gasteiger partial charge < -0.3 is 0 Å². The van der Waals surface area contributed by atoms with Gasteiger partial charge in [-0.2, -0.15) is 8.42 Å². The second-order valence-corrected chi connectivity index (χ2v) is 13.0. The smallest absolute Gasteiger partial charge is 0.282 e. The Hall–Kier alpha value is -0.440. The maximum Gasteiger partial charge on any atom is 0.294 e. The van der Waals surface area contributed by atoms with E-state index in [9.17, 15) is 13.0 Å². The van der Waals surface area contributed by atoms with Crippen LogP contribution in [0.3, 0.4) is 0 Å². The van der Waals surface area contributed by atoms with Gasteiger partial charge in [0.2, 0.25) is 0 Å². The molecule has 1 atom stereocenters. The van der Waals surface area contributed by atoms with Crippen LogP contribution in [-0.4, -0.2) is 29.9 Å². The average Bonchev–Trinajstić information content (AvgIpc) is 3.05. The molecule has 26 heavy (non-hydrogen) atoms. The van der Waals surface area contributed by atoms with Gasteiger partial charge in [-0.1, -0.05) is 52.5 Å². The Balaban J connectivity index is 1.57. The van der Waals surface area contributed by atoms with Crippen molar-refractivity contribution in [3.63, 3.8) is 0 Å². The van der Waals surface area contributed by atoms with Gasteiger partial charge in [0.05, 0.1) is 4.90 Å². The third kappa shape index (κ3) is 4.03. The molecule has 3 nitrogen and oxygen atoms in total. The lowest BCUT2D eigenvalue weighted by Crippen LogP contribution is -2.27. The molecule has 2 fully saturated rings. The van der Waals surface area contributed by atoms with Gasteiger partial charge >= 0.3 is 0 Å². The average molecular weight is 395 g/mol. The van der Waals surface area contributed by atoms with E-state index < -0.39 is 10.1 Å². The Bertz CT molecular complexity index is 716. The Labute approximate surface area is 159 Å². The molecule has 3 aliphatic carbocycles. The van der Waals surface area contributed by atoms with Crippen LogP contribution in [0, 0.1) is 0 Å². The predicted molar refractivity (Wildman–Crippen MR) is 108 cm³/mol. The molecular formula is C21H31O3PS. The number of hydrogen-bond acceptors (Lipinski definition) is 2. The molecule has 1 N–H and O–H groups in total. The van der Waals surface area contributed by atoms with Crippen molar-refractivity contribution >= 4 is 18.0 Å². The SMILES string of the molecule is O=S(=O)(O)c1ccc2c(c1)CC(P(C1CCCCC1)C1CCCCC1)C2. The van der Waals surface area contributed by atoms with E-state index >= 15 is 0 Å². The Morgan fingerprint density at radius 3 is 1.85 bits per heavy atom. The van der Waals surface area contributed by atoms with Crippen LogP contribution in [0.1, 0.15) is 75.3 Å². The van der Waals surface area contributed by atoms with Gasteiger partial charge in [0, 0.05) is 0 Å². The highest BCUT2D eigenvalue weighted by Crippen LogP contribution is 2.61. The summed E-state index contributed by atoms with van der Waals surface area (Å²) < 4.78 is 32.4. The molecule has 0 heterocycles. The van der Waals surface area contributed by atoms with Gasteiger partial charge in [0.15, 0.2) is 0 Å². The number of fused-ring (bicyclic) bond motifs is 1. The molecule has 144 valence electrons. The van der Waals surface area contributed by atoms with E-state index in [4.69, 9.17) is 0 Å². The largest absolute Gasteiger partial charge is 0.294 e. The highest BCUT2D eigenvalue weighted by molar-refractivity contribution is 7.85. The van der Waals surface area contributed by atoms with Crippen molar-refractivity contribution in [2.45, 2.75) is 98.9 Å². The third-order valence-electron chi connectivity index (χ3n) is 6.80. The molecule has 0 aliphatic heterocycles. The minimum atomic E-state index is -4.10. The minimum absolute atomic E-state index is 0.00585. The van der Waals surface area contributed by atoms with Crippen LogP contribution in [0.5, 0.6) is 0 Å². The minimum Gasteiger partial charge on any atom is -0.282 e. The summed E-state index contributed by atoms with van der Waals surface area (Å²) in [6.45, 7) is 0. The molecule has 1 aromatic rings. The van der Waals surface area contributed by atoms with Gasteiger partial charge in [-0.15, -0.1) is 0 Å². The summed E-state index contributed by atoms with van der Waals surface area (Å²) in [5.74, 6) is 0. The Kier molecular flexibility index (Phi) is 5.74. The van der Waals surface area contributed by atoms with Crippen LogP contribution >= 0.6 is 7.92 Å². The summed E-state index contributed by atoms with van der Waals surface area (Å²) in [6.07, 6.45) is 16.3. The van der Waals surface area contributed by atoms with Gasteiger partial charge in [-0.25, -0.2) is 0 Å². The topological polar surface area (TPSA) is 54.4 Å². The van der Waals surface area contributed by atoms with Gasteiger partial charge in [-0.05, 0) is 78.8 Å². The highest BCUT2D eigenvalue weighted by Gasteiger charge is 2.39. The maximum absolute atomic E-state index is 11.5. The predicted octanol–water partition coefficient (Wildman–Crippen LogP) is 5.55. The van der Waals surface area contributed by atoms with Crippen molar-refractivity contribution in [3.8, 4) is 0 Å². The third-order valence-corrected chi connectivity index (χ3v) is 11.6. The van der Waals surface area contributed by atoms with Crippen LogP contribution in [0.25, 0.3) is 0 Å². The summed E-state index contributed by atoms with van der Waals surface area (Å²) in [5, 5.41) is 0. The second-order valence-electron chi connectivity index (χ2n) is 8.50. The molecular weight excluding hydrogens is 363 g/mol. The second kappa shape index (κ2) is 7.89. The zero-order valence-corrected chi connectivity index (χ0v) is 17.3. The number of rotatable bonds is 4. The molecule has 1 aromatic carbocycles. The summed E-state index contributed by atoms with van der Waals surface area (Å²) in [7, 11) is -4.09. The van der Waals surface area contributed by atoms with Crippen molar-refractivity contribution in [1.29, 1.82) is 0 Å². The van der Waals surface area contributed by atoms with Crippen molar-refractivity contribution in [2.24, 2.45) is 0 Å². The summed E-state index contributed by atoms with van der Waals surface area (Å²) in [6, 6.07) is 5.27. The lowest BCUT2D eigenvalue weighted by molar-refractivity contribution is 0.480. The molecule has 0 spiro atoms. The molecule has 0 bridgehead atoms. The Morgan fingerprint density at radius 2 is 1.31 bits per heavy atom. The van der Waals surface area contributed by atoms with Crippen molar-refractivity contribution < 1.29 is 13.0 Å². The summed E-state index contributed by atoms with van der Waals surface area (Å²) in [5.41, 5.74) is 5.08. The summed E-state index contributed by atoms with van der Waals surface area (Å²) >= 11 is 0. The fourth-order valence-electron chi connectivity index (χ4n) is 5.60. The van der Waals surface area contributed by atoms with E-state index in [0.717, 1.165) is 29.8 Å². The van der Waals surface area contributed by atoms with Crippen molar-refractivity contribution in [1.82, 2.24) is 0 Å². The van der Waals surface area contributed by atoms with E-state index in [1.54, 1.807) is 12.1 Å². The van der Waals surface area contributed by atoms with Crippen LogP contribution in [0.4, 0.5) is 0 Å². The first-order valence-electron chi connectivity index (χ1n) is 10.4. The lowest BCUT2D eigenvalue weighted by atomic mass is 9.99. The van der Waals surface area contributed by atoms with E-state index in [-0.39, 0.29) is 12.8 Å². The van der Waals surface area contributed by atoms with Crippen molar-refractivity contribution in [2.75, 3.05) is 0 Å². The molecule has 0 amide bonds. The van der Waals surface area contributed by atoms with Crippen LogP contribution in [0.2, 0.25) is 0 Å². The highest BCUT2D eigenvalue weighted by atomic mass is 32.2. The standard InChI is InChI=1S/C21H31O3PS/c22-26(23,24)21-12-11-16-13-20(14-17(16)15-21)25(18-7-3-1-4-8-18)19-9-5-2-6-10-19/h11-12,15,18-20H,1-10,13-14H2,(H,22,23,24). The molecule has 2 saturated carbocycles. The van der Waals surface area contributed by atoms with Crippen LogP contribution < -0.4 is 0 Å². The molecule has 4 rings (SSSR count). The van der Waals surface area contributed by atoms with E-state index in [2.05, 4.69) is 0 Å². The molecule has 3 aliphatic rings. The van der Waals surface area contributed by atoms with Gasteiger partial charge in [0.25, 0.3) is 10.1 Å².